The number of nitrogens with one attached hydrogen (secondary N) is 2. The van der Waals surface area contributed by atoms with E-state index in [-0.39, 0.29) is 0 Å². The average Bonchev–Trinajstić information content (AvgIpc) is 3.77. The van der Waals surface area contributed by atoms with Gasteiger partial charge in [-0.3, -0.25) is 4.90 Å². The summed E-state index contributed by atoms with van der Waals surface area (Å²) in [6.07, 6.45) is 3.41. The highest BCUT2D eigenvalue weighted by atomic mass is 32.1. The molecule has 12 nitrogen and oxygen atoms in total. The van der Waals surface area contributed by atoms with E-state index in [1.54, 1.807) is 42.5 Å². The van der Waals surface area contributed by atoms with E-state index in [2.05, 4.69) is 22.5 Å². The maximum atomic E-state index is 5.59. The summed E-state index contributed by atoms with van der Waals surface area (Å²) in [6.45, 7) is 7.82. The van der Waals surface area contributed by atoms with Gasteiger partial charge in [0.1, 0.15) is 0 Å². The number of thiazole rings is 1. The SMILES string of the molecule is COc1ccc(CNc2ncc(-c3nc(NCCN4CCOCC4)sc3C)c3nc(-c4ccco4)nn23)cc1OC. The highest BCUT2D eigenvalue weighted by Crippen LogP contribution is 2.34. The number of hydrogen-bond acceptors (Lipinski definition) is 12. The Balaban J connectivity index is 1.27. The molecule has 0 unspecified atom stereocenters. The molecule has 0 atom stereocenters. The fourth-order valence-electron chi connectivity index (χ4n) is 4.71. The smallest absolute Gasteiger partial charge is 0.226 e. The molecule has 0 bridgehead atoms. The van der Waals surface area contributed by atoms with E-state index >= 15 is 0 Å². The molecule has 41 heavy (non-hydrogen) atoms. The van der Waals surface area contributed by atoms with Crippen LogP contribution in [0.15, 0.2) is 47.2 Å². The van der Waals surface area contributed by atoms with Gasteiger partial charge in [0.25, 0.3) is 0 Å². The van der Waals surface area contributed by atoms with Crippen molar-refractivity contribution < 1.29 is 18.6 Å². The predicted octanol–water partition coefficient (Wildman–Crippen LogP) is 4.19. The molecule has 1 aliphatic heterocycles. The fourth-order valence-corrected chi connectivity index (χ4v) is 5.56. The summed E-state index contributed by atoms with van der Waals surface area (Å²) >= 11 is 1.62. The Kier molecular flexibility index (Phi) is 7.98. The van der Waals surface area contributed by atoms with Gasteiger partial charge in [0.15, 0.2) is 28.0 Å². The zero-order valence-electron chi connectivity index (χ0n) is 23.2. The Bertz CT molecular complexity index is 1610. The number of aryl methyl sites for hydroxylation is 1. The van der Waals surface area contributed by atoms with Gasteiger partial charge in [-0.15, -0.1) is 16.4 Å². The summed E-state index contributed by atoms with van der Waals surface area (Å²) in [6, 6.07) is 9.43. The van der Waals surface area contributed by atoms with Gasteiger partial charge in [-0.2, -0.15) is 4.52 Å². The molecular formula is C28H32N8O4S. The number of fused-ring (bicyclic) bond motifs is 1. The van der Waals surface area contributed by atoms with Gasteiger partial charge in [-0.05, 0) is 36.8 Å². The van der Waals surface area contributed by atoms with Crippen LogP contribution in [-0.2, 0) is 11.3 Å². The van der Waals surface area contributed by atoms with Gasteiger partial charge < -0.3 is 29.3 Å². The Hall–Kier alpha value is -4.20. The van der Waals surface area contributed by atoms with Crippen molar-refractivity contribution in [3.05, 3.63) is 53.2 Å². The molecule has 4 aromatic heterocycles. The number of aromatic nitrogens is 5. The second-order valence-corrected chi connectivity index (χ2v) is 10.7. The first-order chi connectivity index (χ1) is 20.1. The lowest BCUT2D eigenvalue weighted by Gasteiger charge is -2.26. The topological polar surface area (TPSA) is 124 Å². The summed E-state index contributed by atoms with van der Waals surface area (Å²) in [4.78, 5) is 17.9. The quantitative estimate of drug-likeness (QED) is 0.235. The predicted molar refractivity (Wildman–Crippen MR) is 157 cm³/mol. The minimum Gasteiger partial charge on any atom is -0.493 e. The minimum atomic E-state index is 0.468. The summed E-state index contributed by atoms with van der Waals surface area (Å²) in [5, 5.41) is 12.5. The van der Waals surface area contributed by atoms with Crippen molar-refractivity contribution in [3.63, 3.8) is 0 Å². The second-order valence-electron chi connectivity index (χ2n) is 9.49. The maximum Gasteiger partial charge on any atom is 0.226 e. The molecule has 1 aromatic carbocycles. The van der Waals surface area contributed by atoms with Crippen molar-refractivity contribution in [2.75, 3.05) is 64.2 Å². The van der Waals surface area contributed by atoms with Crippen LogP contribution in [0, 0.1) is 6.92 Å². The van der Waals surface area contributed by atoms with E-state index in [0.717, 1.165) is 66.2 Å². The summed E-state index contributed by atoms with van der Waals surface area (Å²) in [5.74, 6) is 2.92. The molecule has 0 spiro atoms. The number of hydrogen-bond donors (Lipinski definition) is 2. The van der Waals surface area contributed by atoms with Crippen LogP contribution in [-0.4, -0.2) is 83.1 Å². The molecule has 6 rings (SSSR count). The molecule has 5 heterocycles. The van der Waals surface area contributed by atoms with Gasteiger partial charge in [-0.1, -0.05) is 6.07 Å². The first-order valence-corrected chi connectivity index (χ1v) is 14.2. The first kappa shape index (κ1) is 27.0. The summed E-state index contributed by atoms with van der Waals surface area (Å²) in [5.41, 5.74) is 3.25. The fraction of sp³-hybridized carbons (Fsp3) is 0.357. The van der Waals surface area contributed by atoms with Crippen molar-refractivity contribution in [3.8, 4) is 34.3 Å². The molecule has 0 saturated carbocycles. The van der Waals surface area contributed by atoms with E-state index in [1.165, 1.54) is 0 Å². The van der Waals surface area contributed by atoms with Crippen molar-refractivity contribution in [1.29, 1.82) is 0 Å². The highest BCUT2D eigenvalue weighted by molar-refractivity contribution is 7.16. The minimum absolute atomic E-state index is 0.468. The summed E-state index contributed by atoms with van der Waals surface area (Å²) < 4.78 is 23.6. The van der Waals surface area contributed by atoms with Gasteiger partial charge in [-0.25, -0.2) is 15.0 Å². The van der Waals surface area contributed by atoms with Crippen LogP contribution in [0.5, 0.6) is 11.5 Å². The van der Waals surface area contributed by atoms with E-state index < -0.39 is 0 Å². The van der Waals surface area contributed by atoms with Crippen LogP contribution in [0.25, 0.3) is 28.5 Å². The largest absolute Gasteiger partial charge is 0.493 e. The maximum absolute atomic E-state index is 5.59. The van der Waals surface area contributed by atoms with Crippen LogP contribution in [0.3, 0.4) is 0 Å². The second kappa shape index (κ2) is 12.1. The Morgan fingerprint density at radius 2 is 1.90 bits per heavy atom. The molecular weight excluding hydrogens is 544 g/mol. The number of benzene rings is 1. The zero-order chi connectivity index (χ0) is 28.2. The standard InChI is InChI=1S/C28H32N8O4S/c1-18-24(32-28(41-18)29-8-9-35-10-13-39-14-11-35)20-17-31-27(30-16-19-6-7-21(37-2)23(15-19)38-3)36-26(20)33-25(34-36)22-5-4-12-40-22/h4-7,12,15,17H,8-11,13-14,16H2,1-3H3,(H,29,32)(H,30,31). The zero-order valence-corrected chi connectivity index (χ0v) is 24.0. The molecule has 0 amide bonds. The van der Waals surface area contributed by atoms with Crippen molar-refractivity contribution >= 4 is 28.1 Å². The van der Waals surface area contributed by atoms with Gasteiger partial charge >= 0.3 is 0 Å². The number of furan rings is 1. The molecule has 0 aliphatic carbocycles. The Morgan fingerprint density at radius 3 is 2.68 bits per heavy atom. The number of rotatable bonds is 11. The van der Waals surface area contributed by atoms with Crippen molar-refractivity contribution in [1.82, 2.24) is 29.5 Å². The van der Waals surface area contributed by atoms with Crippen LogP contribution < -0.4 is 20.1 Å². The van der Waals surface area contributed by atoms with Gasteiger partial charge in [0, 0.05) is 43.8 Å². The third-order valence-corrected chi connectivity index (χ3v) is 7.79. The molecule has 0 radical (unpaired) electrons. The number of ether oxygens (including phenoxy) is 3. The van der Waals surface area contributed by atoms with E-state index in [1.807, 2.05) is 30.3 Å². The highest BCUT2D eigenvalue weighted by Gasteiger charge is 2.21. The molecule has 1 saturated heterocycles. The molecule has 1 aliphatic rings. The lowest BCUT2D eigenvalue weighted by molar-refractivity contribution is 0.0398. The van der Waals surface area contributed by atoms with E-state index in [0.29, 0.717) is 41.2 Å². The van der Waals surface area contributed by atoms with Gasteiger partial charge in [0.05, 0.1) is 45.0 Å². The molecule has 5 aromatic rings. The normalized spacial score (nSPS) is 13.9. The Morgan fingerprint density at radius 1 is 1.05 bits per heavy atom. The number of methoxy groups -OCH3 is 2. The van der Waals surface area contributed by atoms with Crippen LogP contribution in [0.4, 0.5) is 11.1 Å². The molecule has 1 fully saturated rings. The number of morpholine rings is 1. The molecule has 2 N–H and O–H groups in total. The first-order valence-electron chi connectivity index (χ1n) is 13.4. The Labute approximate surface area is 241 Å². The third kappa shape index (κ3) is 5.82. The monoisotopic (exact) mass is 576 g/mol. The van der Waals surface area contributed by atoms with Crippen molar-refractivity contribution in [2.24, 2.45) is 0 Å². The van der Waals surface area contributed by atoms with E-state index in [9.17, 15) is 0 Å². The molecule has 214 valence electrons. The average molecular weight is 577 g/mol. The lowest BCUT2D eigenvalue weighted by Crippen LogP contribution is -2.38. The van der Waals surface area contributed by atoms with Crippen LogP contribution in [0.1, 0.15) is 10.4 Å². The third-order valence-electron chi connectivity index (χ3n) is 6.86. The summed E-state index contributed by atoms with van der Waals surface area (Å²) in [7, 11) is 3.24. The van der Waals surface area contributed by atoms with Gasteiger partial charge in [0.2, 0.25) is 11.8 Å². The van der Waals surface area contributed by atoms with Crippen molar-refractivity contribution in [2.45, 2.75) is 13.5 Å². The lowest BCUT2D eigenvalue weighted by atomic mass is 10.2. The van der Waals surface area contributed by atoms with Crippen LogP contribution >= 0.6 is 11.3 Å². The number of nitrogens with zero attached hydrogens (tertiary/aromatic N) is 6. The van der Waals surface area contributed by atoms with Crippen LogP contribution in [0.2, 0.25) is 0 Å². The van der Waals surface area contributed by atoms with E-state index in [4.69, 9.17) is 38.7 Å². The molecule has 13 heteroatoms. The number of anilines is 2.